The van der Waals surface area contributed by atoms with Gasteiger partial charge in [-0.3, -0.25) is 9.59 Å². The Hall–Kier alpha value is -2.82. The zero-order valence-electron chi connectivity index (χ0n) is 15.1. The lowest BCUT2D eigenvalue weighted by Crippen LogP contribution is -2.40. The lowest BCUT2D eigenvalue weighted by atomic mass is 10.2. The van der Waals surface area contributed by atoms with Crippen LogP contribution in [0.3, 0.4) is 0 Å². The minimum atomic E-state index is -0.188. The van der Waals surface area contributed by atoms with E-state index in [2.05, 4.69) is 0 Å². The minimum absolute atomic E-state index is 0.0227. The molecule has 0 spiro atoms. The van der Waals surface area contributed by atoms with Crippen LogP contribution in [0.1, 0.15) is 20.8 Å². The zero-order chi connectivity index (χ0) is 18.4. The fourth-order valence-corrected chi connectivity index (χ4v) is 2.40. The van der Waals surface area contributed by atoms with E-state index < -0.39 is 0 Å². The summed E-state index contributed by atoms with van der Waals surface area (Å²) < 4.78 is 5.61. The van der Waals surface area contributed by atoms with Gasteiger partial charge in [0.05, 0.1) is 6.10 Å². The third-order valence-corrected chi connectivity index (χ3v) is 3.71. The van der Waals surface area contributed by atoms with Gasteiger partial charge >= 0.3 is 0 Å². The van der Waals surface area contributed by atoms with E-state index in [9.17, 15) is 9.59 Å². The number of ether oxygens (including phenoxy) is 1. The van der Waals surface area contributed by atoms with E-state index in [-0.39, 0.29) is 24.5 Å². The Morgan fingerprint density at radius 1 is 0.960 bits per heavy atom. The normalized spacial score (nSPS) is 10.4. The number of carbonyl (C=O) groups is 2. The van der Waals surface area contributed by atoms with Crippen molar-refractivity contribution in [3.8, 4) is 5.75 Å². The molecule has 0 aromatic heterocycles. The molecule has 0 saturated heterocycles. The molecule has 2 rings (SSSR count). The van der Waals surface area contributed by atoms with Gasteiger partial charge in [-0.25, -0.2) is 0 Å². The lowest BCUT2D eigenvalue weighted by molar-refractivity contribution is -0.121. The lowest BCUT2D eigenvalue weighted by Gasteiger charge is -2.24. The van der Waals surface area contributed by atoms with Gasteiger partial charge in [-0.15, -0.1) is 0 Å². The van der Waals surface area contributed by atoms with Gasteiger partial charge in [0, 0.05) is 25.3 Å². The molecule has 0 saturated carbocycles. The number of likely N-dealkylation sites (N-methyl/N-ethyl adjacent to an activating group) is 1. The quantitative estimate of drug-likeness (QED) is 0.809. The van der Waals surface area contributed by atoms with Gasteiger partial charge < -0.3 is 14.5 Å². The molecule has 2 amide bonds. The first kappa shape index (κ1) is 18.5. The van der Waals surface area contributed by atoms with E-state index >= 15 is 0 Å². The number of rotatable bonds is 6. The molecule has 5 nitrogen and oxygen atoms in total. The van der Waals surface area contributed by atoms with Gasteiger partial charge in [0.2, 0.25) is 11.8 Å². The molecule has 132 valence electrons. The van der Waals surface area contributed by atoms with Gasteiger partial charge in [-0.2, -0.15) is 0 Å². The molecule has 25 heavy (non-hydrogen) atoms. The van der Waals surface area contributed by atoms with Crippen molar-refractivity contribution >= 4 is 23.2 Å². The highest BCUT2D eigenvalue weighted by molar-refractivity contribution is 6.02. The molecule has 0 unspecified atom stereocenters. The van der Waals surface area contributed by atoms with Crippen molar-refractivity contribution in [1.29, 1.82) is 0 Å². The number of anilines is 2. The minimum Gasteiger partial charge on any atom is -0.491 e. The van der Waals surface area contributed by atoms with Crippen LogP contribution in [-0.2, 0) is 9.59 Å². The molecule has 0 aliphatic rings. The first-order chi connectivity index (χ1) is 11.9. The van der Waals surface area contributed by atoms with E-state index in [1.807, 2.05) is 44.2 Å². The molecule has 2 aromatic carbocycles. The summed E-state index contributed by atoms with van der Waals surface area (Å²) in [5.41, 5.74) is 1.45. The van der Waals surface area contributed by atoms with Crippen LogP contribution in [0.5, 0.6) is 5.75 Å². The number of hydrogen-bond acceptors (Lipinski definition) is 3. The highest BCUT2D eigenvalue weighted by Gasteiger charge is 2.19. The number of nitrogens with zero attached hydrogens (tertiary/aromatic N) is 2. The summed E-state index contributed by atoms with van der Waals surface area (Å²) in [5.74, 6) is 0.381. The van der Waals surface area contributed by atoms with Crippen LogP contribution in [0.2, 0.25) is 0 Å². The predicted octanol–water partition coefficient (Wildman–Crippen LogP) is 3.49. The monoisotopic (exact) mass is 340 g/mol. The van der Waals surface area contributed by atoms with Crippen molar-refractivity contribution in [3.63, 3.8) is 0 Å². The Morgan fingerprint density at radius 3 is 2.08 bits per heavy atom. The fraction of sp³-hybridized carbons (Fsp3) is 0.300. The number of benzene rings is 2. The van der Waals surface area contributed by atoms with Crippen molar-refractivity contribution in [1.82, 2.24) is 0 Å². The van der Waals surface area contributed by atoms with E-state index in [0.717, 1.165) is 11.4 Å². The second-order valence-electron chi connectivity index (χ2n) is 6.05. The summed E-state index contributed by atoms with van der Waals surface area (Å²) in [6, 6.07) is 16.5. The summed E-state index contributed by atoms with van der Waals surface area (Å²) in [6.07, 6.45) is 0.0795. The third kappa shape index (κ3) is 5.08. The smallest absolute Gasteiger partial charge is 0.246 e. The summed E-state index contributed by atoms with van der Waals surface area (Å²) in [7, 11) is 1.70. The van der Waals surface area contributed by atoms with Gasteiger partial charge in [-0.05, 0) is 50.2 Å². The number of hydrogen-bond donors (Lipinski definition) is 0. The van der Waals surface area contributed by atoms with Crippen molar-refractivity contribution < 1.29 is 14.3 Å². The highest BCUT2D eigenvalue weighted by Crippen LogP contribution is 2.21. The van der Waals surface area contributed by atoms with Gasteiger partial charge in [0.25, 0.3) is 0 Å². The summed E-state index contributed by atoms with van der Waals surface area (Å²) in [6.45, 7) is 5.33. The fourth-order valence-electron chi connectivity index (χ4n) is 2.40. The first-order valence-electron chi connectivity index (χ1n) is 8.25. The van der Waals surface area contributed by atoms with Crippen LogP contribution < -0.4 is 14.5 Å². The Morgan fingerprint density at radius 2 is 1.56 bits per heavy atom. The van der Waals surface area contributed by atoms with E-state index in [0.29, 0.717) is 5.69 Å². The molecule has 2 aromatic rings. The number of para-hydroxylation sites is 1. The Bertz CT molecular complexity index is 711. The largest absolute Gasteiger partial charge is 0.491 e. The molecular formula is C20H24N2O3. The molecule has 0 atom stereocenters. The van der Waals surface area contributed by atoms with Crippen molar-refractivity contribution in [2.45, 2.75) is 26.9 Å². The molecule has 0 bridgehead atoms. The Balaban J connectivity index is 2.13. The Kier molecular flexibility index (Phi) is 6.17. The molecular weight excluding hydrogens is 316 g/mol. The third-order valence-electron chi connectivity index (χ3n) is 3.71. The zero-order valence-corrected chi connectivity index (χ0v) is 15.1. The van der Waals surface area contributed by atoms with Crippen LogP contribution in [0, 0.1) is 0 Å². The van der Waals surface area contributed by atoms with Crippen molar-refractivity contribution in [2.24, 2.45) is 0 Å². The van der Waals surface area contributed by atoms with Gasteiger partial charge in [0.1, 0.15) is 12.3 Å². The predicted molar refractivity (Wildman–Crippen MR) is 100 cm³/mol. The topological polar surface area (TPSA) is 49.9 Å². The van der Waals surface area contributed by atoms with E-state index in [4.69, 9.17) is 4.74 Å². The molecule has 0 aliphatic heterocycles. The SMILES string of the molecule is CC(=O)N(CC(=O)N(C)c1ccccc1)c1ccc(OC(C)C)cc1. The maximum absolute atomic E-state index is 12.6. The van der Waals surface area contributed by atoms with Crippen molar-refractivity contribution in [3.05, 3.63) is 54.6 Å². The molecule has 0 radical (unpaired) electrons. The second-order valence-corrected chi connectivity index (χ2v) is 6.05. The number of amides is 2. The van der Waals surface area contributed by atoms with Crippen LogP contribution >= 0.6 is 0 Å². The molecule has 0 N–H and O–H groups in total. The van der Waals surface area contributed by atoms with Gasteiger partial charge in [0.15, 0.2) is 0 Å². The maximum Gasteiger partial charge on any atom is 0.246 e. The number of carbonyl (C=O) groups excluding carboxylic acids is 2. The van der Waals surface area contributed by atoms with Crippen LogP contribution in [-0.4, -0.2) is 31.5 Å². The van der Waals surface area contributed by atoms with Crippen molar-refractivity contribution in [2.75, 3.05) is 23.4 Å². The Labute approximate surface area is 148 Å². The van der Waals surface area contributed by atoms with Gasteiger partial charge in [-0.1, -0.05) is 18.2 Å². The molecule has 0 fully saturated rings. The summed E-state index contributed by atoms with van der Waals surface area (Å²) in [4.78, 5) is 27.6. The summed E-state index contributed by atoms with van der Waals surface area (Å²) in [5, 5.41) is 0. The highest BCUT2D eigenvalue weighted by atomic mass is 16.5. The second kappa shape index (κ2) is 8.33. The standard InChI is InChI=1S/C20H24N2O3/c1-15(2)25-19-12-10-18(11-13-19)22(16(3)23)14-20(24)21(4)17-8-6-5-7-9-17/h5-13,15H,14H2,1-4H3. The molecule has 5 heteroatoms. The average Bonchev–Trinajstić information content (AvgIpc) is 2.59. The molecule has 0 aliphatic carbocycles. The van der Waals surface area contributed by atoms with Crippen LogP contribution in [0.4, 0.5) is 11.4 Å². The average molecular weight is 340 g/mol. The van der Waals surface area contributed by atoms with E-state index in [1.54, 1.807) is 36.2 Å². The van der Waals surface area contributed by atoms with Crippen LogP contribution in [0.15, 0.2) is 54.6 Å². The first-order valence-corrected chi connectivity index (χ1v) is 8.25. The van der Waals surface area contributed by atoms with Crippen LogP contribution in [0.25, 0.3) is 0 Å². The van der Waals surface area contributed by atoms with E-state index in [1.165, 1.54) is 11.8 Å². The summed E-state index contributed by atoms with van der Waals surface area (Å²) >= 11 is 0. The molecule has 0 heterocycles. The maximum atomic E-state index is 12.6.